The second-order valence-electron chi connectivity index (χ2n) is 3.45. The SMILES string of the molecule is CC.CC(C)(O)C(C)(C)O.[B][B]C. The van der Waals surface area contributed by atoms with E-state index < -0.39 is 11.2 Å². The lowest BCUT2D eigenvalue weighted by atomic mass is 9.59. The van der Waals surface area contributed by atoms with E-state index in [2.05, 4.69) is 0 Å². The summed E-state index contributed by atoms with van der Waals surface area (Å²) in [6.07, 6.45) is 0. The average molecular weight is 185 g/mol. The van der Waals surface area contributed by atoms with E-state index in [0.717, 1.165) is 0 Å². The van der Waals surface area contributed by atoms with E-state index in [4.69, 9.17) is 18.0 Å². The maximum atomic E-state index is 9.10. The van der Waals surface area contributed by atoms with Crippen LogP contribution in [-0.2, 0) is 0 Å². The first-order valence-electron chi connectivity index (χ1n) is 4.61. The maximum Gasteiger partial charge on any atom is 0.0872 e. The molecule has 77 valence electrons. The third-order valence-corrected chi connectivity index (χ3v) is 1.50. The van der Waals surface area contributed by atoms with Gasteiger partial charge in [0.25, 0.3) is 0 Å². The molecular weight excluding hydrogens is 162 g/mol. The molecule has 0 unspecified atom stereocenters. The van der Waals surface area contributed by atoms with Crippen molar-refractivity contribution in [3.8, 4) is 0 Å². The Kier molecular flexibility index (Phi) is 12.5. The van der Waals surface area contributed by atoms with Crippen molar-refractivity contribution in [1.29, 1.82) is 0 Å². The highest BCUT2D eigenvalue weighted by molar-refractivity contribution is 6.88. The van der Waals surface area contributed by atoms with Crippen LogP contribution < -0.4 is 0 Å². The lowest BCUT2D eigenvalue weighted by molar-refractivity contribution is -0.107. The molecule has 0 aliphatic carbocycles. The van der Waals surface area contributed by atoms with E-state index in [9.17, 15) is 0 Å². The zero-order valence-electron chi connectivity index (χ0n) is 10.0. The fourth-order valence-corrected chi connectivity index (χ4v) is 0. The van der Waals surface area contributed by atoms with Crippen molar-refractivity contribution in [3.05, 3.63) is 0 Å². The van der Waals surface area contributed by atoms with Crippen LogP contribution in [-0.4, -0.2) is 36.3 Å². The van der Waals surface area contributed by atoms with Gasteiger partial charge in [0.2, 0.25) is 0 Å². The molecular formula is C9H23B2O2. The van der Waals surface area contributed by atoms with E-state index in [1.165, 1.54) is 7.17 Å². The van der Waals surface area contributed by atoms with Crippen LogP contribution in [0.4, 0.5) is 0 Å². The minimum atomic E-state index is -1.01. The molecule has 0 aliphatic rings. The summed E-state index contributed by atoms with van der Waals surface area (Å²) >= 11 is 0. The summed E-state index contributed by atoms with van der Waals surface area (Å²) in [6, 6.07) is 0. The lowest BCUT2D eigenvalue weighted by Gasteiger charge is -2.31. The largest absolute Gasteiger partial charge is 0.387 e. The normalized spacial score (nSPS) is 10.2. The molecule has 0 aromatic carbocycles. The number of rotatable bonds is 1. The predicted molar refractivity (Wildman–Crippen MR) is 61.3 cm³/mol. The van der Waals surface area contributed by atoms with Crippen molar-refractivity contribution >= 4 is 14.9 Å². The summed E-state index contributed by atoms with van der Waals surface area (Å²) in [7, 11) is 6.22. The second kappa shape index (κ2) is 8.64. The molecule has 0 aromatic heterocycles. The summed E-state index contributed by atoms with van der Waals surface area (Å²) < 4.78 is 0. The minimum Gasteiger partial charge on any atom is -0.387 e. The molecule has 0 amide bonds. The Hall–Kier alpha value is 0.0499. The smallest absolute Gasteiger partial charge is 0.0872 e. The molecule has 0 bridgehead atoms. The Morgan fingerprint density at radius 3 is 1.00 bits per heavy atom. The van der Waals surface area contributed by atoms with Crippen LogP contribution in [0.25, 0.3) is 0 Å². The monoisotopic (exact) mass is 185 g/mol. The number of hydrogen-bond acceptors (Lipinski definition) is 2. The van der Waals surface area contributed by atoms with Gasteiger partial charge in [-0.1, -0.05) is 13.8 Å². The van der Waals surface area contributed by atoms with Crippen LogP contribution in [0.3, 0.4) is 0 Å². The fraction of sp³-hybridized carbons (Fsp3) is 1.00. The predicted octanol–water partition coefficient (Wildman–Crippen LogP) is 1.38. The molecule has 0 aromatic rings. The van der Waals surface area contributed by atoms with Gasteiger partial charge in [0.05, 0.1) is 18.4 Å². The molecule has 4 heteroatoms. The van der Waals surface area contributed by atoms with Gasteiger partial charge in [0, 0.05) is 7.74 Å². The molecule has 0 spiro atoms. The topological polar surface area (TPSA) is 40.5 Å². The second-order valence-corrected chi connectivity index (χ2v) is 3.45. The quantitative estimate of drug-likeness (QED) is 0.605. The zero-order valence-corrected chi connectivity index (χ0v) is 10.0. The van der Waals surface area contributed by atoms with Crippen LogP contribution in [0.15, 0.2) is 0 Å². The fourth-order valence-electron chi connectivity index (χ4n) is 0. The van der Waals surface area contributed by atoms with Gasteiger partial charge in [0.15, 0.2) is 0 Å². The summed E-state index contributed by atoms with van der Waals surface area (Å²) in [5, 5.41) is 18.2. The standard InChI is InChI=1S/C6H14O2.C2H6.CH3B2/c1-5(2,7)6(3,4)8;1-2;1-3-2/h7-8H,1-4H3;1-2H3;1H3. The van der Waals surface area contributed by atoms with Gasteiger partial charge >= 0.3 is 0 Å². The van der Waals surface area contributed by atoms with E-state index in [1.807, 2.05) is 13.8 Å². The van der Waals surface area contributed by atoms with Gasteiger partial charge in [-0.15, -0.1) is 6.82 Å². The highest BCUT2D eigenvalue weighted by atomic mass is 16.3. The molecule has 0 saturated carbocycles. The molecule has 2 nitrogen and oxygen atoms in total. The maximum absolute atomic E-state index is 9.10. The van der Waals surface area contributed by atoms with E-state index in [-0.39, 0.29) is 0 Å². The lowest BCUT2D eigenvalue weighted by Crippen LogP contribution is -2.44. The van der Waals surface area contributed by atoms with Crippen molar-refractivity contribution in [3.63, 3.8) is 0 Å². The van der Waals surface area contributed by atoms with Gasteiger partial charge in [-0.05, 0) is 27.7 Å². The summed E-state index contributed by atoms with van der Waals surface area (Å²) in [6.45, 7) is 12.1. The van der Waals surface area contributed by atoms with Crippen molar-refractivity contribution in [1.82, 2.24) is 0 Å². The first-order valence-corrected chi connectivity index (χ1v) is 4.61. The summed E-state index contributed by atoms with van der Waals surface area (Å²) in [5.74, 6) is 0. The first kappa shape index (κ1) is 18.8. The molecule has 0 fully saturated rings. The van der Waals surface area contributed by atoms with Gasteiger partial charge < -0.3 is 10.2 Å². The third-order valence-electron chi connectivity index (χ3n) is 1.50. The molecule has 0 atom stereocenters. The van der Waals surface area contributed by atoms with Crippen LogP contribution in [0, 0.1) is 0 Å². The molecule has 0 rings (SSSR count). The van der Waals surface area contributed by atoms with Crippen LogP contribution in [0.1, 0.15) is 41.5 Å². The Bertz CT molecular complexity index is 80.8. The van der Waals surface area contributed by atoms with E-state index >= 15 is 0 Å². The summed E-state index contributed by atoms with van der Waals surface area (Å²) in [4.78, 5) is 0. The van der Waals surface area contributed by atoms with E-state index in [0.29, 0.717) is 0 Å². The number of hydrogen-bond donors (Lipinski definition) is 2. The Balaban J connectivity index is -0.000000169. The third kappa shape index (κ3) is 14.9. The molecule has 0 heterocycles. The highest BCUT2D eigenvalue weighted by Crippen LogP contribution is 2.19. The molecule has 3 radical (unpaired) electrons. The van der Waals surface area contributed by atoms with Crippen LogP contribution >= 0.6 is 0 Å². The summed E-state index contributed by atoms with van der Waals surface area (Å²) in [5.41, 5.74) is -2.01. The van der Waals surface area contributed by atoms with E-state index in [1.54, 1.807) is 34.5 Å². The first-order chi connectivity index (χ1) is 5.66. The number of aliphatic hydroxyl groups is 2. The van der Waals surface area contributed by atoms with Crippen molar-refractivity contribution in [2.45, 2.75) is 59.6 Å². The Morgan fingerprint density at radius 2 is 1.00 bits per heavy atom. The minimum absolute atomic E-state index is 1.01. The molecule has 0 saturated heterocycles. The van der Waals surface area contributed by atoms with Gasteiger partial charge in [-0.3, -0.25) is 0 Å². The molecule has 13 heavy (non-hydrogen) atoms. The Morgan fingerprint density at radius 1 is 0.923 bits per heavy atom. The molecule has 2 N–H and O–H groups in total. The van der Waals surface area contributed by atoms with Gasteiger partial charge in [-0.25, -0.2) is 0 Å². The highest BCUT2D eigenvalue weighted by Gasteiger charge is 2.31. The van der Waals surface area contributed by atoms with Crippen LogP contribution in [0.2, 0.25) is 6.82 Å². The van der Waals surface area contributed by atoms with Gasteiger partial charge in [-0.2, -0.15) is 0 Å². The van der Waals surface area contributed by atoms with Crippen molar-refractivity contribution < 1.29 is 10.2 Å². The van der Waals surface area contributed by atoms with Gasteiger partial charge in [0.1, 0.15) is 0 Å². The van der Waals surface area contributed by atoms with Crippen molar-refractivity contribution in [2.24, 2.45) is 0 Å². The van der Waals surface area contributed by atoms with Crippen LogP contribution in [0.5, 0.6) is 0 Å². The average Bonchev–Trinajstić information content (AvgIpc) is 1.89. The van der Waals surface area contributed by atoms with Crippen molar-refractivity contribution in [2.75, 3.05) is 0 Å². The zero-order chi connectivity index (χ0) is 11.7. The molecule has 0 aliphatic heterocycles. The Labute approximate surface area is 85.4 Å².